The first-order valence-electron chi connectivity index (χ1n) is 9.78. The average molecular weight is 380 g/mol. The fourth-order valence-electron chi connectivity index (χ4n) is 3.57. The van der Waals surface area contributed by atoms with E-state index in [0.717, 1.165) is 49.3 Å². The number of aromatic nitrogens is 1. The summed E-state index contributed by atoms with van der Waals surface area (Å²) in [5.74, 6) is -0.509. The third kappa shape index (κ3) is 5.63. The van der Waals surface area contributed by atoms with Gasteiger partial charge in [0.05, 0.1) is 0 Å². The number of piperidine rings is 1. The lowest BCUT2D eigenvalue weighted by atomic mass is 10.0. The number of benzene rings is 1. The number of rotatable bonds is 6. The molecule has 0 spiro atoms. The largest absolute Gasteiger partial charge is 0.352 e. The first kappa shape index (κ1) is 20.0. The lowest BCUT2D eigenvalue weighted by molar-refractivity contribution is -0.127. The highest BCUT2D eigenvalue weighted by molar-refractivity contribution is 6.04. The van der Waals surface area contributed by atoms with E-state index in [9.17, 15) is 9.59 Å². The van der Waals surface area contributed by atoms with Gasteiger partial charge in [-0.1, -0.05) is 18.2 Å². The van der Waals surface area contributed by atoms with Gasteiger partial charge in [-0.15, -0.1) is 0 Å². The summed E-state index contributed by atoms with van der Waals surface area (Å²) in [5, 5.41) is 5.86. The second-order valence-corrected chi connectivity index (χ2v) is 7.48. The Morgan fingerprint density at radius 1 is 1.18 bits per heavy atom. The number of amides is 2. The van der Waals surface area contributed by atoms with Crippen LogP contribution in [-0.4, -0.2) is 40.8 Å². The number of aryl methyl sites for hydroxylation is 1. The number of hydrogen-bond donors (Lipinski definition) is 2. The van der Waals surface area contributed by atoms with Gasteiger partial charge in [0.25, 0.3) is 0 Å². The molecule has 1 aliphatic rings. The van der Waals surface area contributed by atoms with Crippen molar-refractivity contribution in [3.8, 4) is 0 Å². The molecular formula is C22H28N4O2. The molecular weight excluding hydrogens is 352 g/mol. The molecule has 0 bridgehead atoms. The Balaban J connectivity index is 1.47. The van der Waals surface area contributed by atoms with Crippen LogP contribution >= 0.6 is 0 Å². The van der Waals surface area contributed by atoms with Crippen LogP contribution in [0.25, 0.3) is 0 Å². The summed E-state index contributed by atoms with van der Waals surface area (Å²) >= 11 is 0. The standard InChI is InChI=1S/C22H28N4O2/c1-16-6-3-9-20(17(16)2)25-22(28)12-21(27)24-19-8-5-11-26(15-19)14-18-7-4-10-23-13-18/h3-4,6-7,9-10,13,19H,5,8,11-12,14-15H2,1-2H3,(H,24,27)(H,25,28). The van der Waals surface area contributed by atoms with Gasteiger partial charge in [0.1, 0.15) is 6.42 Å². The first-order valence-corrected chi connectivity index (χ1v) is 9.78. The van der Waals surface area contributed by atoms with Gasteiger partial charge < -0.3 is 10.6 Å². The van der Waals surface area contributed by atoms with Gasteiger partial charge in [-0.3, -0.25) is 19.5 Å². The van der Waals surface area contributed by atoms with E-state index < -0.39 is 0 Å². The van der Waals surface area contributed by atoms with Crippen molar-refractivity contribution in [2.24, 2.45) is 0 Å². The molecule has 1 fully saturated rings. The van der Waals surface area contributed by atoms with Crippen LogP contribution in [0.1, 0.15) is 36.0 Å². The van der Waals surface area contributed by atoms with Gasteiger partial charge >= 0.3 is 0 Å². The Morgan fingerprint density at radius 2 is 2.04 bits per heavy atom. The monoisotopic (exact) mass is 380 g/mol. The highest BCUT2D eigenvalue weighted by Crippen LogP contribution is 2.18. The summed E-state index contributed by atoms with van der Waals surface area (Å²) < 4.78 is 0. The smallest absolute Gasteiger partial charge is 0.233 e. The molecule has 2 amide bonds. The van der Waals surface area contributed by atoms with Crippen molar-refractivity contribution in [3.05, 3.63) is 59.4 Å². The third-order valence-corrected chi connectivity index (χ3v) is 5.20. The van der Waals surface area contributed by atoms with E-state index in [1.807, 2.05) is 44.3 Å². The Labute approximate surface area is 166 Å². The van der Waals surface area contributed by atoms with Crippen molar-refractivity contribution in [1.29, 1.82) is 0 Å². The van der Waals surface area contributed by atoms with Gasteiger partial charge in [-0.2, -0.15) is 0 Å². The van der Waals surface area contributed by atoms with Crippen LogP contribution in [0.5, 0.6) is 0 Å². The summed E-state index contributed by atoms with van der Waals surface area (Å²) in [7, 11) is 0. The minimum atomic E-state index is -0.283. The predicted octanol–water partition coefficient (Wildman–Crippen LogP) is 2.81. The lowest BCUT2D eigenvalue weighted by Gasteiger charge is -2.33. The van der Waals surface area contributed by atoms with E-state index in [2.05, 4.69) is 26.6 Å². The third-order valence-electron chi connectivity index (χ3n) is 5.20. The summed E-state index contributed by atoms with van der Waals surface area (Å²) in [6.45, 7) is 6.59. The van der Waals surface area contributed by atoms with Gasteiger partial charge in [-0.25, -0.2) is 0 Å². The number of pyridine rings is 1. The number of likely N-dealkylation sites (tertiary alicyclic amines) is 1. The van der Waals surface area contributed by atoms with Crippen LogP contribution in [0.2, 0.25) is 0 Å². The fourth-order valence-corrected chi connectivity index (χ4v) is 3.57. The second-order valence-electron chi connectivity index (χ2n) is 7.48. The minimum Gasteiger partial charge on any atom is -0.352 e. The maximum Gasteiger partial charge on any atom is 0.233 e. The fraction of sp³-hybridized carbons (Fsp3) is 0.409. The maximum atomic E-state index is 12.3. The zero-order chi connectivity index (χ0) is 19.9. The summed E-state index contributed by atoms with van der Waals surface area (Å²) in [6.07, 6.45) is 5.45. The highest BCUT2D eigenvalue weighted by Gasteiger charge is 2.22. The molecule has 1 aromatic heterocycles. The predicted molar refractivity (Wildman–Crippen MR) is 110 cm³/mol. The van der Waals surface area contributed by atoms with E-state index in [1.54, 1.807) is 6.20 Å². The molecule has 2 aromatic rings. The SMILES string of the molecule is Cc1cccc(NC(=O)CC(=O)NC2CCCN(Cc3cccnc3)C2)c1C. The number of anilines is 1. The summed E-state index contributed by atoms with van der Waals surface area (Å²) in [4.78, 5) is 31.0. The normalized spacial score (nSPS) is 17.1. The van der Waals surface area contributed by atoms with Crippen LogP contribution in [0.4, 0.5) is 5.69 Å². The summed E-state index contributed by atoms with van der Waals surface area (Å²) in [6, 6.07) is 9.83. The molecule has 6 nitrogen and oxygen atoms in total. The number of hydrogen-bond acceptors (Lipinski definition) is 4. The molecule has 1 unspecified atom stereocenters. The van der Waals surface area contributed by atoms with Crippen molar-refractivity contribution < 1.29 is 9.59 Å². The number of nitrogens with zero attached hydrogens (tertiary/aromatic N) is 2. The molecule has 3 rings (SSSR count). The molecule has 2 N–H and O–H groups in total. The molecule has 1 saturated heterocycles. The number of carbonyl (C=O) groups excluding carboxylic acids is 2. The molecule has 1 aliphatic heterocycles. The summed E-state index contributed by atoms with van der Waals surface area (Å²) in [5.41, 5.74) is 4.06. The molecule has 28 heavy (non-hydrogen) atoms. The molecule has 1 atom stereocenters. The molecule has 148 valence electrons. The van der Waals surface area contributed by atoms with Crippen molar-refractivity contribution in [2.75, 3.05) is 18.4 Å². The van der Waals surface area contributed by atoms with E-state index in [-0.39, 0.29) is 24.3 Å². The Kier molecular flexibility index (Phi) is 6.76. The van der Waals surface area contributed by atoms with Gasteiger partial charge in [-0.05, 0) is 62.1 Å². The highest BCUT2D eigenvalue weighted by atomic mass is 16.2. The second kappa shape index (κ2) is 9.46. The Hall–Kier alpha value is -2.73. The van der Waals surface area contributed by atoms with Crippen LogP contribution in [-0.2, 0) is 16.1 Å². The zero-order valence-corrected chi connectivity index (χ0v) is 16.6. The van der Waals surface area contributed by atoms with E-state index in [0.29, 0.717) is 0 Å². The number of nitrogens with one attached hydrogen (secondary N) is 2. The van der Waals surface area contributed by atoms with Crippen LogP contribution < -0.4 is 10.6 Å². The molecule has 0 saturated carbocycles. The van der Waals surface area contributed by atoms with Gasteiger partial charge in [0.15, 0.2) is 0 Å². The quantitative estimate of drug-likeness (QED) is 0.756. The van der Waals surface area contributed by atoms with Crippen molar-refractivity contribution in [2.45, 2.75) is 45.7 Å². The number of carbonyl (C=O) groups is 2. The molecule has 0 radical (unpaired) electrons. The minimum absolute atomic E-state index is 0.0754. The van der Waals surface area contributed by atoms with Gasteiger partial charge in [0, 0.05) is 37.2 Å². The Morgan fingerprint density at radius 3 is 2.82 bits per heavy atom. The molecule has 1 aromatic carbocycles. The average Bonchev–Trinajstić information content (AvgIpc) is 2.66. The maximum absolute atomic E-state index is 12.3. The molecule has 0 aliphatic carbocycles. The van der Waals surface area contributed by atoms with E-state index >= 15 is 0 Å². The van der Waals surface area contributed by atoms with Gasteiger partial charge in [0.2, 0.25) is 11.8 Å². The molecule has 6 heteroatoms. The lowest BCUT2D eigenvalue weighted by Crippen LogP contribution is -2.47. The van der Waals surface area contributed by atoms with Crippen molar-refractivity contribution in [3.63, 3.8) is 0 Å². The first-order chi connectivity index (χ1) is 13.5. The topological polar surface area (TPSA) is 74.3 Å². The van der Waals surface area contributed by atoms with Crippen LogP contribution in [0.15, 0.2) is 42.7 Å². The zero-order valence-electron chi connectivity index (χ0n) is 16.6. The van der Waals surface area contributed by atoms with Crippen molar-refractivity contribution in [1.82, 2.24) is 15.2 Å². The van der Waals surface area contributed by atoms with Crippen LogP contribution in [0, 0.1) is 13.8 Å². The van der Waals surface area contributed by atoms with E-state index in [4.69, 9.17) is 0 Å². The van der Waals surface area contributed by atoms with Crippen molar-refractivity contribution >= 4 is 17.5 Å². The van der Waals surface area contributed by atoms with Crippen LogP contribution in [0.3, 0.4) is 0 Å². The molecule has 2 heterocycles. The van der Waals surface area contributed by atoms with E-state index in [1.165, 1.54) is 5.56 Å². The Bertz CT molecular complexity index is 823.